The van der Waals surface area contributed by atoms with Gasteiger partial charge in [0.25, 0.3) is 0 Å². The van der Waals surface area contributed by atoms with E-state index in [1.807, 2.05) is 14.1 Å². The molecule has 1 unspecified atom stereocenters. The number of esters is 1. The van der Waals surface area contributed by atoms with Gasteiger partial charge in [0.05, 0.1) is 6.61 Å². The van der Waals surface area contributed by atoms with Crippen LogP contribution < -0.4 is 0 Å². The van der Waals surface area contributed by atoms with E-state index in [0.717, 1.165) is 6.42 Å². The Hall–Kier alpha value is -0.570. The van der Waals surface area contributed by atoms with E-state index >= 15 is 0 Å². The minimum absolute atomic E-state index is 0.198. The lowest BCUT2D eigenvalue weighted by Gasteiger charge is -2.18. The molecule has 0 aliphatic heterocycles. The van der Waals surface area contributed by atoms with E-state index in [9.17, 15) is 4.79 Å². The highest BCUT2D eigenvalue weighted by atomic mass is 16.5. The van der Waals surface area contributed by atoms with Gasteiger partial charge in [-0.15, -0.1) is 0 Å². The Morgan fingerprint density at radius 1 is 1.55 bits per heavy atom. The summed E-state index contributed by atoms with van der Waals surface area (Å²) >= 11 is 0. The zero-order chi connectivity index (χ0) is 8.85. The Morgan fingerprint density at radius 2 is 2.09 bits per heavy atom. The fourth-order valence-electron chi connectivity index (χ4n) is 0.631. The first-order valence-corrected chi connectivity index (χ1v) is 3.84. The van der Waals surface area contributed by atoms with Gasteiger partial charge in [0.1, 0.15) is 0 Å². The number of hydrogen-bond donors (Lipinski definition) is 0. The monoisotopic (exact) mass is 159 g/mol. The highest BCUT2D eigenvalue weighted by molar-refractivity contribution is 5.65. The van der Waals surface area contributed by atoms with Crippen molar-refractivity contribution in [2.45, 2.75) is 26.3 Å². The summed E-state index contributed by atoms with van der Waals surface area (Å²) in [4.78, 5) is 12.5. The van der Waals surface area contributed by atoms with E-state index in [4.69, 9.17) is 4.74 Å². The quantitative estimate of drug-likeness (QED) is 0.570. The van der Waals surface area contributed by atoms with Crippen LogP contribution >= 0.6 is 0 Å². The van der Waals surface area contributed by atoms with Gasteiger partial charge >= 0.3 is 5.97 Å². The zero-order valence-electron chi connectivity index (χ0n) is 7.76. The van der Waals surface area contributed by atoms with Crippen LogP contribution in [0.5, 0.6) is 0 Å². The summed E-state index contributed by atoms with van der Waals surface area (Å²) in [6.07, 6.45) is 0.895. The molecule has 0 radical (unpaired) electrons. The van der Waals surface area contributed by atoms with Gasteiger partial charge in [-0.2, -0.15) is 0 Å². The Morgan fingerprint density at radius 3 is 2.45 bits per heavy atom. The maximum Gasteiger partial charge on any atom is 0.302 e. The molecular weight excluding hydrogens is 142 g/mol. The first-order chi connectivity index (χ1) is 5.04. The Bertz CT molecular complexity index is 123. The van der Waals surface area contributed by atoms with Gasteiger partial charge in [-0.05, 0) is 27.4 Å². The van der Waals surface area contributed by atoms with Crippen LogP contribution in [0.1, 0.15) is 20.3 Å². The minimum Gasteiger partial charge on any atom is -0.466 e. The van der Waals surface area contributed by atoms with Crippen LogP contribution in [0.2, 0.25) is 0 Å². The summed E-state index contributed by atoms with van der Waals surface area (Å²) in [5.41, 5.74) is 0. The third-order valence-corrected chi connectivity index (χ3v) is 1.72. The molecule has 0 N–H and O–H groups in total. The smallest absolute Gasteiger partial charge is 0.302 e. The van der Waals surface area contributed by atoms with Crippen LogP contribution in [0, 0.1) is 0 Å². The highest BCUT2D eigenvalue weighted by Gasteiger charge is 2.04. The van der Waals surface area contributed by atoms with E-state index < -0.39 is 0 Å². The van der Waals surface area contributed by atoms with Crippen molar-refractivity contribution >= 4 is 5.97 Å². The number of rotatable bonds is 4. The van der Waals surface area contributed by atoms with Crippen molar-refractivity contribution in [3.63, 3.8) is 0 Å². The number of carbonyl (C=O) groups is 1. The SMILES string of the molecule is CC(=O)OCCC(C)N(C)C. The van der Waals surface area contributed by atoms with Crippen molar-refractivity contribution in [2.75, 3.05) is 20.7 Å². The minimum atomic E-state index is -0.198. The van der Waals surface area contributed by atoms with Gasteiger partial charge in [0.2, 0.25) is 0 Å². The molecule has 0 bridgehead atoms. The largest absolute Gasteiger partial charge is 0.466 e. The second-order valence-electron chi connectivity index (χ2n) is 2.94. The molecule has 0 aliphatic carbocycles. The topological polar surface area (TPSA) is 29.5 Å². The standard InChI is InChI=1S/C8H17NO2/c1-7(9(3)4)5-6-11-8(2)10/h7H,5-6H2,1-4H3. The predicted octanol–water partition coefficient (Wildman–Crippen LogP) is 0.890. The van der Waals surface area contributed by atoms with Gasteiger partial charge in [0, 0.05) is 13.0 Å². The lowest BCUT2D eigenvalue weighted by molar-refractivity contribution is -0.141. The van der Waals surface area contributed by atoms with Crippen LogP contribution in [-0.2, 0) is 9.53 Å². The first kappa shape index (κ1) is 10.4. The molecule has 0 rings (SSSR count). The third kappa shape index (κ3) is 5.85. The van der Waals surface area contributed by atoms with Crippen LogP contribution in [0.25, 0.3) is 0 Å². The van der Waals surface area contributed by atoms with E-state index in [1.165, 1.54) is 6.92 Å². The third-order valence-electron chi connectivity index (χ3n) is 1.72. The van der Waals surface area contributed by atoms with Gasteiger partial charge in [0.15, 0.2) is 0 Å². The molecule has 66 valence electrons. The molecule has 3 heteroatoms. The summed E-state index contributed by atoms with van der Waals surface area (Å²) in [5, 5.41) is 0. The molecule has 3 nitrogen and oxygen atoms in total. The Labute approximate surface area is 68.3 Å². The van der Waals surface area contributed by atoms with Crippen LogP contribution in [0.15, 0.2) is 0 Å². The maximum atomic E-state index is 10.4. The number of carbonyl (C=O) groups excluding carboxylic acids is 1. The molecule has 0 heterocycles. The number of nitrogens with zero attached hydrogens (tertiary/aromatic N) is 1. The molecule has 1 atom stereocenters. The van der Waals surface area contributed by atoms with Crippen molar-refractivity contribution in [3.8, 4) is 0 Å². The van der Waals surface area contributed by atoms with Crippen molar-refractivity contribution in [3.05, 3.63) is 0 Å². The maximum absolute atomic E-state index is 10.4. The van der Waals surface area contributed by atoms with E-state index in [2.05, 4.69) is 11.8 Å². The normalized spacial score (nSPS) is 13.2. The zero-order valence-corrected chi connectivity index (χ0v) is 7.76. The molecule has 0 aliphatic rings. The average molecular weight is 159 g/mol. The molecule has 0 aromatic heterocycles. The van der Waals surface area contributed by atoms with Crippen molar-refractivity contribution < 1.29 is 9.53 Å². The van der Waals surface area contributed by atoms with Gasteiger partial charge < -0.3 is 9.64 Å². The second kappa shape index (κ2) is 5.13. The van der Waals surface area contributed by atoms with Gasteiger partial charge in [-0.3, -0.25) is 4.79 Å². The lowest BCUT2D eigenvalue weighted by Crippen LogP contribution is -2.26. The molecule has 0 saturated heterocycles. The van der Waals surface area contributed by atoms with Crippen molar-refractivity contribution in [1.82, 2.24) is 4.90 Å². The van der Waals surface area contributed by atoms with Crippen molar-refractivity contribution in [2.24, 2.45) is 0 Å². The predicted molar refractivity (Wildman–Crippen MR) is 44.4 cm³/mol. The molecule has 0 aromatic rings. The summed E-state index contributed by atoms with van der Waals surface area (Å²) in [5.74, 6) is -0.198. The molecule has 11 heavy (non-hydrogen) atoms. The van der Waals surface area contributed by atoms with E-state index in [0.29, 0.717) is 12.6 Å². The second-order valence-corrected chi connectivity index (χ2v) is 2.94. The van der Waals surface area contributed by atoms with E-state index in [1.54, 1.807) is 0 Å². The van der Waals surface area contributed by atoms with Crippen LogP contribution in [0.4, 0.5) is 0 Å². The molecular formula is C8H17NO2. The lowest BCUT2D eigenvalue weighted by atomic mass is 10.2. The average Bonchev–Trinajstić information content (AvgIpc) is 1.86. The summed E-state index contributed by atoms with van der Waals surface area (Å²) in [6.45, 7) is 4.05. The molecule has 0 aromatic carbocycles. The molecule has 0 spiro atoms. The summed E-state index contributed by atoms with van der Waals surface area (Å²) in [6, 6.07) is 0.467. The fourth-order valence-corrected chi connectivity index (χ4v) is 0.631. The summed E-state index contributed by atoms with van der Waals surface area (Å²) < 4.78 is 4.80. The van der Waals surface area contributed by atoms with Crippen molar-refractivity contribution in [1.29, 1.82) is 0 Å². The van der Waals surface area contributed by atoms with Crippen LogP contribution in [0.3, 0.4) is 0 Å². The van der Waals surface area contributed by atoms with E-state index in [-0.39, 0.29) is 5.97 Å². The Kier molecular flexibility index (Phi) is 4.86. The van der Waals surface area contributed by atoms with Gasteiger partial charge in [-0.1, -0.05) is 0 Å². The first-order valence-electron chi connectivity index (χ1n) is 3.84. The highest BCUT2D eigenvalue weighted by Crippen LogP contribution is 1.97. The number of ether oxygens (including phenoxy) is 1. The summed E-state index contributed by atoms with van der Waals surface area (Å²) in [7, 11) is 4.02. The Balaban J connectivity index is 3.31. The van der Waals surface area contributed by atoms with Crippen LogP contribution in [-0.4, -0.2) is 37.6 Å². The fraction of sp³-hybridized carbons (Fsp3) is 0.875. The molecule has 0 amide bonds. The molecule has 0 saturated carbocycles. The number of hydrogen-bond acceptors (Lipinski definition) is 3. The van der Waals surface area contributed by atoms with Gasteiger partial charge in [-0.25, -0.2) is 0 Å². The molecule has 0 fully saturated rings.